The van der Waals surface area contributed by atoms with Crippen molar-refractivity contribution in [3.63, 3.8) is 0 Å². The van der Waals surface area contributed by atoms with Crippen molar-refractivity contribution in [1.82, 2.24) is 14.9 Å². The molecule has 150 valence electrons. The van der Waals surface area contributed by atoms with Crippen LogP contribution in [0.1, 0.15) is 67.8 Å². The average Bonchev–Trinajstić information content (AvgIpc) is 3.05. The van der Waals surface area contributed by atoms with Crippen LogP contribution in [0.5, 0.6) is 0 Å². The van der Waals surface area contributed by atoms with Gasteiger partial charge >= 0.3 is 0 Å². The summed E-state index contributed by atoms with van der Waals surface area (Å²) in [6.07, 6.45) is 5.69. The molecule has 0 amide bonds. The molecule has 3 heterocycles. The maximum atomic E-state index is 12.9. The molecule has 5 rings (SSSR count). The van der Waals surface area contributed by atoms with Crippen LogP contribution in [0, 0.1) is 0 Å². The summed E-state index contributed by atoms with van der Waals surface area (Å²) >= 11 is 3.56. The Morgan fingerprint density at radius 3 is 2.83 bits per heavy atom. The first-order chi connectivity index (χ1) is 14.2. The molecule has 1 fully saturated rings. The number of hydrogen-bond donors (Lipinski definition) is 1. The highest BCUT2D eigenvalue weighted by atomic mass is 79.9. The number of rotatable bonds is 4. The second-order valence-corrected chi connectivity index (χ2v) is 9.14. The molecule has 5 heteroatoms. The molecule has 2 aromatic carbocycles. The van der Waals surface area contributed by atoms with Crippen LogP contribution in [0.25, 0.3) is 16.6 Å². The minimum atomic E-state index is -0.133. The third-order valence-corrected chi connectivity index (χ3v) is 7.19. The molecule has 1 unspecified atom stereocenters. The summed E-state index contributed by atoms with van der Waals surface area (Å²) in [6, 6.07) is 12.9. The van der Waals surface area contributed by atoms with Gasteiger partial charge in [-0.2, -0.15) is 4.98 Å². The molecule has 29 heavy (non-hydrogen) atoms. The topological polar surface area (TPSA) is 46.9 Å². The molecule has 0 spiro atoms. The summed E-state index contributed by atoms with van der Waals surface area (Å²) in [4.78, 5) is 17.5. The van der Waals surface area contributed by atoms with E-state index in [9.17, 15) is 4.79 Å². The average molecular weight is 452 g/mol. The van der Waals surface area contributed by atoms with E-state index in [0.717, 1.165) is 48.2 Å². The molecule has 1 saturated heterocycles. The van der Waals surface area contributed by atoms with Crippen molar-refractivity contribution in [3.8, 4) is 5.69 Å². The van der Waals surface area contributed by atoms with Gasteiger partial charge in [-0.15, -0.1) is 0 Å². The van der Waals surface area contributed by atoms with E-state index in [-0.39, 0.29) is 11.5 Å². The van der Waals surface area contributed by atoms with Gasteiger partial charge in [0.05, 0.1) is 16.6 Å². The Balaban J connectivity index is 1.71. The third-order valence-electron chi connectivity index (χ3n) is 6.53. The van der Waals surface area contributed by atoms with Crippen molar-refractivity contribution in [1.29, 1.82) is 0 Å². The molecule has 1 atom stereocenters. The van der Waals surface area contributed by atoms with Gasteiger partial charge in [0.2, 0.25) is 0 Å². The number of aromatic nitrogens is 2. The lowest BCUT2D eigenvalue weighted by Gasteiger charge is -2.24. The molecular weight excluding hydrogens is 426 g/mol. The van der Waals surface area contributed by atoms with Crippen LogP contribution in [0.15, 0.2) is 45.7 Å². The van der Waals surface area contributed by atoms with Gasteiger partial charge in [-0.3, -0.25) is 9.36 Å². The van der Waals surface area contributed by atoms with E-state index in [1.165, 1.54) is 29.7 Å². The number of unbranched alkanes of at least 4 members (excludes halogenated alkanes) is 1. The fourth-order valence-electron chi connectivity index (χ4n) is 5.03. The number of piperidine rings is 1. The first-order valence-electron chi connectivity index (χ1n) is 10.7. The van der Waals surface area contributed by atoms with Crippen LogP contribution >= 0.6 is 15.9 Å². The quantitative estimate of drug-likeness (QED) is 0.588. The monoisotopic (exact) mass is 451 g/mol. The van der Waals surface area contributed by atoms with E-state index < -0.39 is 0 Å². The van der Waals surface area contributed by atoms with Gasteiger partial charge in [0.1, 0.15) is 5.82 Å². The van der Waals surface area contributed by atoms with Crippen molar-refractivity contribution >= 4 is 26.8 Å². The number of benzene rings is 2. The lowest BCUT2D eigenvalue weighted by atomic mass is 9.86. The Morgan fingerprint density at radius 2 is 2.03 bits per heavy atom. The molecule has 0 aliphatic carbocycles. The van der Waals surface area contributed by atoms with Crippen LogP contribution in [0.3, 0.4) is 0 Å². The predicted octanol–water partition coefficient (Wildman–Crippen LogP) is 5.25. The Hall–Kier alpha value is -1.98. The fourth-order valence-corrected chi connectivity index (χ4v) is 5.55. The van der Waals surface area contributed by atoms with E-state index in [1.807, 2.05) is 18.2 Å². The molecule has 3 aromatic rings. The predicted molar refractivity (Wildman–Crippen MR) is 121 cm³/mol. The van der Waals surface area contributed by atoms with Gasteiger partial charge in [0.25, 0.3) is 5.56 Å². The third kappa shape index (κ3) is 3.15. The SMILES string of the molecule is CCCCC1c2cc(C3CCNCC3)ccc2-n2c1nc(=O)c1c(Br)cccc12. The smallest absolute Gasteiger partial charge is 0.281 e. The highest BCUT2D eigenvalue weighted by Gasteiger charge is 2.32. The lowest BCUT2D eigenvalue weighted by molar-refractivity contribution is 0.460. The molecule has 2 aliphatic rings. The summed E-state index contributed by atoms with van der Waals surface area (Å²) in [5.74, 6) is 1.73. The van der Waals surface area contributed by atoms with Crippen molar-refractivity contribution in [2.75, 3.05) is 13.1 Å². The molecule has 1 N–H and O–H groups in total. The second-order valence-electron chi connectivity index (χ2n) is 8.28. The van der Waals surface area contributed by atoms with Gasteiger partial charge in [0, 0.05) is 10.4 Å². The van der Waals surface area contributed by atoms with Crippen LogP contribution in [-0.2, 0) is 0 Å². The number of hydrogen-bond acceptors (Lipinski definition) is 3. The number of halogens is 1. The van der Waals surface area contributed by atoms with Crippen molar-refractivity contribution < 1.29 is 0 Å². The zero-order chi connectivity index (χ0) is 20.0. The van der Waals surface area contributed by atoms with E-state index in [1.54, 1.807) is 0 Å². The van der Waals surface area contributed by atoms with E-state index in [2.05, 4.69) is 55.9 Å². The van der Waals surface area contributed by atoms with Crippen LogP contribution in [-0.4, -0.2) is 22.6 Å². The molecule has 0 bridgehead atoms. The Morgan fingerprint density at radius 1 is 1.21 bits per heavy atom. The summed E-state index contributed by atoms with van der Waals surface area (Å²) in [5, 5.41) is 4.13. The number of nitrogens with zero attached hydrogens (tertiary/aromatic N) is 2. The van der Waals surface area contributed by atoms with Crippen LogP contribution < -0.4 is 10.9 Å². The maximum absolute atomic E-state index is 12.9. The van der Waals surface area contributed by atoms with E-state index >= 15 is 0 Å². The zero-order valence-electron chi connectivity index (χ0n) is 16.7. The minimum absolute atomic E-state index is 0.133. The summed E-state index contributed by atoms with van der Waals surface area (Å²) < 4.78 is 3.04. The fraction of sp³-hybridized carbons (Fsp3) is 0.417. The first-order valence-corrected chi connectivity index (χ1v) is 11.5. The standard InChI is InChI=1S/C24H26BrN3O/c1-2-3-5-17-18-14-16(15-10-12-26-13-11-15)8-9-20(18)28-21-7-4-6-19(25)22(21)24(29)27-23(17)28/h4,6-9,14-15,17,26H,2-3,5,10-13H2,1H3. The summed E-state index contributed by atoms with van der Waals surface area (Å²) in [5.41, 5.74) is 4.78. The molecular formula is C24H26BrN3O. The van der Waals surface area contributed by atoms with Crippen LogP contribution in [0.2, 0.25) is 0 Å². The highest BCUT2D eigenvalue weighted by molar-refractivity contribution is 9.10. The van der Waals surface area contributed by atoms with Gasteiger partial charge in [-0.25, -0.2) is 0 Å². The van der Waals surface area contributed by atoms with Gasteiger partial charge < -0.3 is 5.32 Å². The zero-order valence-corrected chi connectivity index (χ0v) is 18.3. The minimum Gasteiger partial charge on any atom is -0.317 e. The summed E-state index contributed by atoms with van der Waals surface area (Å²) in [6.45, 7) is 4.41. The first kappa shape index (κ1) is 19.0. The molecule has 2 aliphatic heterocycles. The lowest BCUT2D eigenvalue weighted by Crippen LogP contribution is -2.26. The van der Waals surface area contributed by atoms with E-state index in [4.69, 9.17) is 0 Å². The van der Waals surface area contributed by atoms with Crippen molar-refractivity contribution in [2.45, 2.75) is 50.9 Å². The highest BCUT2D eigenvalue weighted by Crippen LogP contribution is 2.43. The van der Waals surface area contributed by atoms with E-state index in [0.29, 0.717) is 11.3 Å². The molecule has 0 radical (unpaired) electrons. The molecule has 4 nitrogen and oxygen atoms in total. The largest absolute Gasteiger partial charge is 0.317 e. The van der Waals surface area contributed by atoms with Crippen LogP contribution in [0.4, 0.5) is 0 Å². The molecule has 0 saturated carbocycles. The Bertz CT molecular complexity index is 1130. The number of fused-ring (bicyclic) bond motifs is 5. The Kier molecular flexibility index (Phi) is 5.04. The van der Waals surface area contributed by atoms with Gasteiger partial charge in [-0.1, -0.05) is 38.0 Å². The second kappa shape index (κ2) is 7.69. The normalized spacial score (nSPS) is 18.8. The van der Waals surface area contributed by atoms with Crippen molar-refractivity contribution in [2.24, 2.45) is 0 Å². The number of nitrogens with one attached hydrogen (secondary N) is 1. The van der Waals surface area contributed by atoms with Gasteiger partial charge in [0.15, 0.2) is 0 Å². The summed E-state index contributed by atoms with van der Waals surface area (Å²) in [7, 11) is 0. The van der Waals surface area contributed by atoms with Crippen molar-refractivity contribution in [3.05, 3.63) is 68.2 Å². The Labute approximate surface area is 179 Å². The maximum Gasteiger partial charge on any atom is 0.281 e. The van der Waals surface area contributed by atoms with Gasteiger partial charge in [-0.05, 0) is 83.5 Å². The molecule has 1 aromatic heterocycles.